The Morgan fingerprint density at radius 1 is 1.00 bits per heavy atom. The predicted molar refractivity (Wildman–Crippen MR) is 137 cm³/mol. The van der Waals surface area contributed by atoms with Crippen LogP contribution in [0.15, 0.2) is 0 Å². The van der Waals surface area contributed by atoms with Gasteiger partial charge >= 0.3 is 0 Å². The lowest BCUT2D eigenvalue weighted by molar-refractivity contribution is -0.264. The van der Waals surface area contributed by atoms with Crippen molar-refractivity contribution < 1.29 is 27.9 Å². The first-order chi connectivity index (χ1) is 16.2. The molecule has 35 heavy (non-hydrogen) atoms. The van der Waals surface area contributed by atoms with Crippen molar-refractivity contribution in [3.8, 4) is 0 Å². The van der Waals surface area contributed by atoms with Crippen LogP contribution in [-0.2, 0) is 14.3 Å². The average molecular weight is 515 g/mol. The molecule has 204 valence electrons. The van der Waals surface area contributed by atoms with E-state index in [-0.39, 0.29) is 23.4 Å². The molecule has 0 saturated heterocycles. The van der Waals surface area contributed by atoms with Crippen LogP contribution in [0.3, 0.4) is 0 Å². The van der Waals surface area contributed by atoms with Crippen LogP contribution in [0, 0.1) is 46.3 Å². The molecule has 0 radical (unpaired) electrons. The van der Waals surface area contributed by atoms with E-state index in [1.54, 1.807) is 0 Å². The first-order valence-electron chi connectivity index (χ1n) is 14.1. The zero-order valence-corrected chi connectivity index (χ0v) is 23.4. The van der Waals surface area contributed by atoms with E-state index in [4.69, 9.17) is 4.18 Å². The Morgan fingerprint density at radius 3 is 2.40 bits per heavy atom. The largest absolute Gasteiger partial charge is 0.393 e. The fourth-order valence-corrected chi connectivity index (χ4v) is 10.0. The highest BCUT2D eigenvalue weighted by Crippen LogP contribution is 2.69. The molecule has 7 heteroatoms. The van der Waals surface area contributed by atoms with Crippen LogP contribution in [0.4, 0.5) is 0 Å². The van der Waals surface area contributed by atoms with Crippen molar-refractivity contribution in [1.82, 2.24) is 0 Å². The van der Waals surface area contributed by atoms with Gasteiger partial charge in [0.2, 0.25) is 0 Å². The smallest absolute Gasteiger partial charge is 0.264 e. The third kappa shape index (κ3) is 4.98. The van der Waals surface area contributed by atoms with E-state index >= 15 is 0 Å². The summed E-state index contributed by atoms with van der Waals surface area (Å²) in [5, 5.41) is 33.2. The van der Waals surface area contributed by atoms with Gasteiger partial charge in [0, 0.05) is 11.8 Å². The first kappa shape index (κ1) is 27.8. The number of aliphatic hydroxyl groups is 3. The minimum atomic E-state index is -3.37. The van der Waals surface area contributed by atoms with Crippen LogP contribution < -0.4 is 0 Å². The van der Waals surface area contributed by atoms with Crippen molar-refractivity contribution in [2.75, 3.05) is 12.9 Å². The van der Waals surface area contributed by atoms with E-state index < -0.39 is 27.9 Å². The summed E-state index contributed by atoms with van der Waals surface area (Å²) in [6.45, 7) is 9.44. The lowest BCUT2D eigenvalue weighted by Gasteiger charge is -2.65. The molecule has 0 bridgehead atoms. The molecule has 0 amide bonds. The molecule has 5 unspecified atom stereocenters. The van der Waals surface area contributed by atoms with Gasteiger partial charge < -0.3 is 15.3 Å². The van der Waals surface area contributed by atoms with Gasteiger partial charge in [-0.2, -0.15) is 8.42 Å². The molecule has 0 aromatic heterocycles. The number of aliphatic hydroxyl groups excluding tert-OH is 2. The zero-order chi connectivity index (χ0) is 25.8. The number of hydrogen-bond donors (Lipinski definition) is 3. The molecular formula is C28H50O6S. The van der Waals surface area contributed by atoms with Crippen LogP contribution in [0.1, 0.15) is 98.3 Å². The highest BCUT2D eigenvalue weighted by atomic mass is 32.2. The van der Waals surface area contributed by atoms with Crippen LogP contribution >= 0.6 is 0 Å². The second-order valence-electron chi connectivity index (χ2n) is 13.6. The van der Waals surface area contributed by atoms with Gasteiger partial charge in [-0.1, -0.05) is 40.5 Å². The molecule has 0 aliphatic heterocycles. The second-order valence-corrected chi connectivity index (χ2v) is 15.2. The molecule has 4 rings (SSSR count). The van der Waals surface area contributed by atoms with Gasteiger partial charge in [0.15, 0.2) is 0 Å². The summed E-state index contributed by atoms with van der Waals surface area (Å²) in [7, 11) is -3.37. The number of fused-ring (bicyclic) bond motifs is 5. The highest BCUT2D eigenvalue weighted by molar-refractivity contribution is 7.85. The van der Waals surface area contributed by atoms with Gasteiger partial charge in [0.05, 0.1) is 30.7 Å². The standard InChI is InChI=1S/C28H50O6S/c1-18(17-34-35(5,32)33)7-6-8-19(2)22-9-10-23-21-15-25(30)28(31)16-20(29)11-14-27(28,4)24(21)12-13-26(22,23)3/h18-25,29-31H,6-17H2,1-5H3/t18?,19?,20-,21?,22+,23?,24?,25+,26+,27+,28-/m0/s1. The summed E-state index contributed by atoms with van der Waals surface area (Å²) < 4.78 is 27.5. The van der Waals surface area contributed by atoms with E-state index in [9.17, 15) is 23.7 Å². The molecule has 4 saturated carbocycles. The Hall–Kier alpha value is -0.210. The molecule has 4 aliphatic rings. The quantitative estimate of drug-likeness (QED) is 0.412. The van der Waals surface area contributed by atoms with Crippen molar-refractivity contribution in [3.63, 3.8) is 0 Å². The Morgan fingerprint density at radius 2 is 1.71 bits per heavy atom. The predicted octanol–water partition coefficient (Wildman–Crippen LogP) is 4.51. The summed E-state index contributed by atoms with van der Waals surface area (Å²) in [5.74, 6) is 3.00. The summed E-state index contributed by atoms with van der Waals surface area (Å²) in [6.07, 6.45) is 10.3. The Kier molecular flexibility index (Phi) is 7.81. The molecule has 0 aromatic carbocycles. The summed E-state index contributed by atoms with van der Waals surface area (Å²) in [5.41, 5.74) is -1.20. The van der Waals surface area contributed by atoms with Crippen LogP contribution in [0.5, 0.6) is 0 Å². The van der Waals surface area contributed by atoms with Gasteiger partial charge in [-0.25, -0.2) is 0 Å². The Labute approximate surface area is 213 Å². The van der Waals surface area contributed by atoms with Gasteiger partial charge in [-0.15, -0.1) is 0 Å². The first-order valence-corrected chi connectivity index (χ1v) is 16.0. The Balaban J connectivity index is 1.40. The maximum absolute atomic E-state index is 11.6. The SMILES string of the molecule is CC(CCCC(C)[C@H]1CCC2C3C[C@@H](O)[C@@]4(O)C[C@@H](O)CC[C@]4(C)C3CC[C@@]21C)COS(C)(=O)=O. The van der Waals surface area contributed by atoms with Crippen molar-refractivity contribution >= 4 is 10.1 Å². The van der Waals surface area contributed by atoms with Crippen molar-refractivity contribution in [2.24, 2.45) is 46.3 Å². The summed E-state index contributed by atoms with van der Waals surface area (Å²) in [4.78, 5) is 0. The fraction of sp³-hybridized carbons (Fsp3) is 1.00. The van der Waals surface area contributed by atoms with E-state index in [1.807, 2.05) is 0 Å². The normalized spacial score (nSPS) is 47.4. The molecule has 3 N–H and O–H groups in total. The minimum Gasteiger partial charge on any atom is -0.393 e. The molecule has 0 aromatic rings. The number of rotatable bonds is 8. The fourth-order valence-electron chi connectivity index (χ4n) is 9.55. The van der Waals surface area contributed by atoms with Crippen molar-refractivity contribution in [1.29, 1.82) is 0 Å². The van der Waals surface area contributed by atoms with Crippen LogP contribution in [-0.4, -0.2) is 54.4 Å². The van der Waals surface area contributed by atoms with Crippen LogP contribution in [0.25, 0.3) is 0 Å². The summed E-state index contributed by atoms with van der Waals surface area (Å²) in [6, 6.07) is 0. The lowest BCUT2D eigenvalue weighted by Crippen LogP contribution is -2.68. The Bertz CT molecular complexity index is 862. The molecule has 0 spiro atoms. The monoisotopic (exact) mass is 514 g/mol. The third-order valence-corrected chi connectivity index (χ3v) is 12.1. The van der Waals surface area contributed by atoms with Crippen LogP contribution in [0.2, 0.25) is 0 Å². The van der Waals surface area contributed by atoms with Gasteiger partial charge in [0.25, 0.3) is 10.1 Å². The highest BCUT2D eigenvalue weighted by Gasteiger charge is 2.67. The van der Waals surface area contributed by atoms with E-state index in [2.05, 4.69) is 27.7 Å². The maximum Gasteiger partial charge on any atom is 0.264 e. The maximum atomic E-state index is 11.6. The molecule has 6 nitrogen and oxygen atoms in total. The minimum absolute atomic E-state index is 0.233. The second kappa shape index (κ2) is 9.83. The number of hydrogen-bond acceptors (Lipinski definition) is 6. The zero-order valence-electron chi connectivity index (χ0n) is 22.6. The van der Waals surface area contributed by atoms with E-state index in [0.29, 0.717) is 42.4 Å². The average Bonchev–Trinajstić information content (AvgIpc) is 3.11. The van der Waals surface area contributed by atoms with Gasteiger partial charge in [0.1, 0.15) is 0 Å². The van der Waals surface area contributed by atoms with Crippen molar-refractivity contribution in [2.45, 2.75) is 116 Å². The third-order valence-electron chi connectivity index (χ3n) is 11.5. The molecule has 0 heterocycles. The van der Waals surface area contributed by atoms with Gasteiger partial charge in [-0.3, -0.25) is 4.18 Å². The molecule has 11 atom stereocenters. The van der Waals surface area contributed by atoms with Gasteiger partial charge in [-0.05, 0) is 92.3 Å². The molecule has 4 fully saturated rings. The van der Waals surface area contributed by atoms with E-state index in [1.165, 1.54) is 19.3 Å². The van der Waals surface area contributed by atoms with Crippen molar-refractivity contribution in [3.05, 3.63) is 0 Å². The summed E-state index contributed by atoms with van der Waals surface area (Å²) >= 11 is 0. The topological polar surface area (TPSA) is 104 Å². The van der Waals surface area contributed by atoms with E-state index in [0.717, 1.165) is 44.8 Å². The molecular weight excluding hydrogens is 464 g/mol. The molecule has 4 aliphatic carbocycles. The lowest BCUT2D eigenvalue weighted by atomic mass is 9.42.